The number of allylic oxidation sites excluding steroid dienone is 4. The molecule has 1 aliphatic carbocycles. The monoisotopic (exact) mass is 530 g/mol. The first-order valence-electron chi connectivity index (χ1n) is 13.0. The Kier molecular flexibility index (Phi) is 9.65. The van der Waals surface area contributed by atoms with Gasteiger partial charge in [-0.05, 0) is 83.5 Å². The summed E-state index contributed by atoms with van der Waals surface area (Å²) in [6.45, 7) is 1.88. The molecule has 198 valence electrons. The smallest absolute Gasteiger partial charge is 0.307 e. The largest absolute Gasteiger partial charge is 0.481 e. The zero-order valence-corrected chi connectivity index (χ0v) is 22.3. The molecule has 0 saturated carbocycles. The maximum atomic E-state index is 12.8. The van der Waals surface area contributed by atoms with Crippen LogP contribution in [0.15, 0.2) is 78.2 Å². The maximum absolute atomic E-state index is 12.8. The van der Waals surface area contributed by atoms with Crippen LogP contribution in [0.4, 0.5) is 5.69 Å². The number of thiophene rings is 1. The highest BCUT2D eigenvalue weighted by Crippen LogP contribution is 2.33. The predicted molar refractivity (Wildman–Crippen MR) is 154 cm³/mol. The van der Waals surface area contributed by atoms with Gasteiger partial charge in [0, 0.05) is 10.6 Å². The molecule has 3 aromatic rings. The van der Waals surface area contributed by atoms with E-state index in [0.717, 1.165) is 18.4 Å². The molecule has 1 unspecified atom stereocenters. The molecule has 2 atom stereocenters. The van der Waals surface area contributed by atoms with Crippen molar-refractivity contribution in [2.75, 3.05) is 5.32 Å². The maximum Gasteiger partial charge on any atom is 0.307 e. The van der Waals surface area contributed by atoms with Crippen LogP contribution in [-0.4, -0.2) is 34.4 Å². The van der Waals surface area contributed by atoms with E-state index in [1.54, 1.807) is 35.6 Å². The number of aryl methyl sites for hydroxylation is 1. The zero-order chi connectivity index (χ0) is 26.9. The van der Waals surface area contributed by atoms with Crippen molar-refractivity contribution < 1.29 is 19.8 Å². The third kappa shape index (κ3) is 7.74. The summed E-state index contributed by atoms with van der Waals surface area (Å²) in [6.07, 6.45) is 9.43. The average molecular weight is 531 g/mol. The number of carboxylic acid groups (broad SMARTS) is 1. The second kappa shape index (κ2) is 13.3. The zero-order valence-electron chi connectivity index (χ0n) is 21.5. The fourth-order valence-electron chi connectivity index (χ4n) is 4.50. The number of aliphatic hydroxyl groups excluding tert-OH is 1. The Morgan fingerprint density at radius 1 is 1.05 bits per heavy atom. The van der Waals surface area contributed by atoms with E-state index in [4.69, 9.17) is 5.11 Å². The Hall–Kier alpha value is -3.52. The molecule has 0 saturated heterocycles. The number of rotatable bonds is 12. The summed E-state index contributed by atoms with van der Waals surface area (Å²) in [6, 6.07) is 16.9. The highest BCUT2D eigenvalue weighted by atomic mass is 32.1. The van der Waals surface area contributed by atoms with E-state index in [1.165, 1.54) is 21.6 Å². The van der Waals surface area contributed by atoms with Gasteiger partial charge in [-0.2, -0.15) is 0 Å². The minimum atomic E-state index is -0.926. The van der Waals surface area contributed by atoms with Crippen LogP contribution in [0.3, 0.4) is 0 Å². The Balaban J connectivity index is 1.27. The van der Waals surface area contributed by atoms with Gasteiger partial charge < -0.3 is 15.5 Å². The number of aliphatic carboxylic acids is 1. The van der Waals surface area contributed by atoms with Gasteiger partial charge in [0.1, 0.15) is 6.23 Å². The number of anilines is 1. The van der Waals surface area contributed by atoms with Crippen LogP contribution in [0.5, 0.6) is 0 Å². The van der Waals surface area contributed by atoms with Gasteiger partial charge in [-0.25, -0.2) is 0 Å². The number of carbonyl (C=O) groups is 2. The number of carbonyl (C=O) groups excluding carboxylic acids is 1. The van der Waals surface area contributed by atoms with Gasteiger partial charge in [0.05, 0.1) is 12.5 Å². The molecule has 1 heterocycles. The normalized spacial score (nSPS) is 14.5. The molecule has 4 N–H and O–H groups in total. The highest BCUT2D eigenvalue weighted by molar-refractivity contribution is 7.13. The molecular weight excluding hydrogens is 496 g/mol. The van der Waals surface area contributed by atoms with Crippen molar-refractivity contribution >= 4 is 34.5 Å². The number of hydrogen-bond acceptors (Lipinski definition) is 5. The van der Waals surface area contributed by atoms with Crippen molar-refractivity contribution in [3.8, 4) is 10.4 Å². The fourth-order valence-corrected chi connectivity index (χ4v) is 5.44. The molecule has 38 heavy (non-hydrogen) atoms. The fraction of sp³-hybridized carbons (Fsp3) is 0.290. The Bertz CT molecular complexity index is 1310. The van der Waals surface area contributed by atoms with Crippen LogP contribution in [0.25, 0.3) is 16.0 Å². The molecular formula is C31H34N2O4S. The Labute approximate surface area is 227 Å². The van der Waals surface area contributed by atoms with Crippen LogP contribution in [0.1, 0.15) is 49.3 Å². The summed E-state index contributed by atoms with van der Waals surface area (Å²) >= 11 is 1.76. The lowest BCUT2D eigenvalue weighted by atomic mass is 9.99. The van der Waals surface area contributed by atoms with Crippen LogP contribution < -0.4 is 10.6 Å². The minimum absolute atomic E-state index is 0.108. The summed E-state index contributed by atoms with van der Waals surface area (Å²) in [7, 11) is 0. The SMILES string of the molecule is CC[C@H](NC(O)CCc1ccc(-c2cc(C3=CC=CCC3)cs2)cc1)C(=O)Nc1cccc(CC(=O)O)c1. The molecule has 0 fully saturated rings. The van der Waals surface area contributed by atoms with Gasteiger partial charge in [-0.3, -0.25) is 14.9 Å². The molecule has 0 spiro atoms. The van der Waals surface area contributed by atoms with E-state index in [0.29, 0.717) is 30.5 Å². The van der Waals surface area contributed by atoms with Crippen molar-refractivity contribution in [1.29, 1.82) is 0 Å². The second-order valence-electron chi connectivity index (χ2n) is 9.50. The van der Waals surface area contributed by atoms with Crippen LogP contribution in [0.2, 0.25) is 0 Å². The van der Waals surface area contributed by atoms with Gasteiger partial charge in [-0.1, -0.05) is 61.5 Å². The summed E-state index contributed by atoms with van der Waals surface area (Å²) in [5.41, 5.74) is 6.15. The number of benzene rings is 2. The van der Waals surface area contributed by atoms with Gasteiger partial charge in [0.2, 0.25) is 5.91 Å². The molecule has 1 aromatic heterocycles. The minimum Gasteiger partial charge on any atom is -0.481 e. The van der Waals surface area contributed by atoms with Crippen molar-refractivity contribution in [3.05, 3.63) is 94.9 Å². The van der Waals surface area contributed by atoms with Crippen LogP contribution in [-0.2, 0) is 22.4 Å². The van der Waals surface area contributed by atoms with Crippen molar-refractivity contribution in [3.63, 3.8) is 0 Å². The van der Waals surface area contributed by atoms with E-state index in [-0.39, 0.29) is 12.3 Å². The van der Waals surface area contributed by atoms with E-state index in [1.807, 2.05) is 6.92 Å². The summed E-state index contributed by atoms with van der Waals surface area (Å²) < 4.78 is 0. The number of amides is 1. The lowest BCUT2D eigenvalue weighted by Crippen LogP contribution is -2.45. The number of nitrogens with one attached hydrogen (secondary N) is 2. The quantitative estimate of drug-likeness (QED) is 0.214. The molecule has 7 heteroatoms. The van der Waals surface area contributed by atoms with Gasteiger partial charge in [0.25, 0.3) is 0 Å². The molecule has 0 aliphatic heterocycles. The van der Waals surface area contributed by atoms with Gasteiger partial charge in [0.15, 0.2) is 0 Å². The highest BCUT2D eigenvalue weighted by Gasteiger charge is 2.20. The number of carboxylic acids is 1. The van der Waals surface area contributed by atoms with Crippen LogP contribution >= 0.6 is 11.3 Å². The third-order valence-electron chi connectivity index (χ3n) is 6.60. The number of aliphatic hydroxyl groups is 1. The Morgan fingerprint density at radius 3 is 2.58 bits per heavy atom. The molecule has 1 aliphatic rings. The van der Waals surface area contributed by atoms with Gasteiger partial charge in [-0.15, -0.1) is 11.3 Å². The van der Waals surface area contributed by atoms with Crippen molar-refractivity contribution in [1.82, 2.24) is 5.32 Å². The molecule has 0 radical (unpaired) electrons. The van der Waals surface area contributed by atoms with Gasteiger partial charge >= 0.3 is 5.97 Å². The topological polar surface area (TPSA) is 98.7 Å². The van der Waals surface area contributed by atoms with Crippen LogP contribution in [0, 0.1) is 0 Å². The average Bonchev–Trinajstić information content (AvgIpc) is 3.41. The van der Waals surface area contributed by atoms with E-state index in [2.05, 4.69) is 64.6 Å². The van der Waals surface area contributed by atoms with Crippen molar-refractivity contribution in [2.45, 2.75) is 57.7 Å². The Morgan fingerprint density at radius 2 is 1.87 bits per heavy atom. The number of hydrogen-bond donors (Lipinski definition) is 4. The van der Waals surface area contributed by atoms with E-state index >= 15 is 0 Å². The van der Waals surface area contributed by atoms with Crippen molar-refractivity contribution in [2.24, 2.45) is 0 Å². The molecule has 0 bridgehead atoms. The third-order valence-corrected chi connectivity index (χ3v) is 7.58. The van der Waals surface area contributed by atoms with E-state index < -0.39 is 18.2 Å². The second-order valence-corrected chi connectivity index (χ2v) is 10.4. The molecule has 2 aromatic carbocycles. The first kappa shape index (κ1) is 27.5. The predicted octanol–water partition coefficient (Wildman–Crippen LogP) is 6.03. The standard InChI is InChI=1S/C31H34N2O4S/c1-2-27(31(37)32-26-10-6-7-22(17-26)18-30(35)36)33-29(34)16-13-21-11-14-24(15-12-21)28-19-25(20-38-28)23-8-4-3-5-9-23/h3-4,6-8,10-12,14-15,17,19-20,27,29,33-34H,2,5,9,13,16,18H2,1H3,(H,32,37)(H,35,36)/t27-,29?/m0/s1. The molecule has 4 rings (SSSR count). The first-order valence-corrected chi connectivity index (χ1v) is 13.9. The lowest BCUT2D eigenvalue weighted by Gasteiger charge is -2.21. The summed E-state index contributed by atoms with van der Waals surface area (Å²) in [4.78, 5) is 25.0. The lowest BCUT2D eigenvalue weighted by molar-refractivity contribution is -0.136. The molecule has 6 nitrogen and oxygen atoms in total. The first-order chi connectivity index (χ1) is 18.4. The summed E-state index contributed by atoms with van der Waals surface area (Å²) in [5.74, 6) is -1.19. The molecule has 1 amide bonds. The van der Waals surface area contributed by atoms with E-state index in [9.17, 15) is 14.7 Å². The summed E-state index contributed by atoms with van der Waals surface area (Å²) in [5, 5.41) is 27.6.